The number of hydrogen-bond acceptors (Lipinski definition) is 5. The van der Waals surface area contributed by atoms with E-state index in [-0.39, 0.29) is 0 Å². The Morgan fingerprint density at radius 1 is 0.963 bits per heavy atom. The van der Waals surface area contributed by atoms with E-state index >= 15 is 0 Å². The lowest BCUT2D eigenvalue weighted by atomic mass is 10.1. The highest BCUT2D eigenvalue weighted by molar-refractivity contribution is 14.1. The summed E-state index contributed by atoms with van der Waals surface area (Å²) in [5, 5.41) is 3.44. The molecular weight excluding hydrogens is 453 g/mol. The van der Waals surface area contributed by atoms with E-state index < -0.39 is 0 Å². The van der Waals surface area contributed by atoms with Gasteiger partial charge in [0.05, 0.1) is 19.8 Å². The second kappa shape index (κ2) is 13.7. The SMILES string of the molecule is CC(C)CCCOCCOCCNCc1ccc(N2CCN(I)CC2)cc1. The molecular formula is C21H36IN3O2. The average Bonchev–Trinajstić information content (AvgIpc) is 2.67. The highest BCUT2D eigenvalue weighted by Crippen LogP contribution is 2.18. The van der Waals surface area contributed by atoms with Crippen LogP contribution in [-0.4, -0.2) is 62.3 Å². The lowest BCUT2D eigenvalue weighted by molar-refractivity contribution is 0.0466. The van der Waals surface area contributed by atoms with Crippen molar-refractivity contribution >= 4 is 28.6 Å². The molecule has 0 saturated carbocycles. The van der Waals surface area contributed by atoms with Crippen LogP contribution in [0.25, 0.3) is 0 Å². The van der Waals surface area contributed by atoms with Crippen molar-refractivity contribution < 1.29 is 9.47 Å². The van der Waals surface area contributed by atoms with Crippen LogP contribution in [-0.2, 0) is 16.0 Å². The molecule has 0 aromatic heterocycles. The van der Waals surface area contributed by atoms with Gasteiger partial charge in [-0.25, -0.2) is 3.11 Å². The number of rotatable bonds is 13. The van der Waals surface area contributed by atoms with Crippen molar-refractivity contribution in [3.63, 3.8) is 0 Å². The van der Waals surface area contributed by atoms with Crippen LogP contribution in [0.5, 0.6) is 0 Å². The Bertz CT molecular complexity index is 491. The standard InChI is InChI=1S/C21H36IN3O2/c1-19(2)4-3-14-26-16-17-27-15-9-23-18-20-5-7-21(8-6-20)24-10-12-25(22)13-11-24/h5-8,19,23H,3-4,9-18H2,1-2H3. The number of piperazine rings is 1. The van der Waals surface area contributed by atoms with Gasteiger partial charge in [-0.2, -0.15) is 0 Å². The molecule has 0 unspecified atom stereocenters. The Kier molecular flexibility index (Phi) is 11.6. The monoisotopic (exact) mass is 489 g/mol. The lowest BCUT2D eigenvalue weighted by Crippen LogP contribution is -2.42. The first-order valence-electron chi connectivity index (χ1n) is 10.3. The van der Waals surface area contributed by atoms with Crippen LogP contribution in [0.15, 0.2) is 24.3 Å². The van der Waals surface area contributed by atoms with Gasteiger partial charge in [0.15, 0.2) is 0 Å². The van der Waals surface area contributed by atoms with Crippen LogP contribution in [0, 0.1) is 5.92 Å². The number of benzene rings is 1. The van der Waals surface area contributed by atoms with Crippen LogP contribution in [0.2, 0.25) is 0 Å². The molecule has 1 aliphatic heterocycles. The molecule has 0 atom stereocenters. The van der Waals surface area contributed by atoms with E-state index in [0.29, 0.717) is 13.2 Å². The van der Waals surface area contributed by atoms with Gasteiger partial charge in [-0.3, -0.25) is 0 Å². The molecule has 0 amide bonds. The minimum atomic E-state index is 0.683. The maximum atomic E-state index is 5.61. The fourth-order valence-corrected chi connectivity index (χ4v) is 3.49. The van der Waals surface area contributed by atoms with Crippen LogP contribution in [0.4, 0.5) is 5.69 Å². The van der Waals surface area contributed by atoms with Gasteiger partial charge in [-0.15, -0.1) is 0 Å². The second-order valence-electron chi connectivity index (χ2n) is 7.50. The molecule has 1 saturated heterocycles. The minimum absolute atomic E-state index is 0.683. The Labute approximate surface area is 179 Å². The molecule has 0 aliphatic carbocycles. The van der Waals surface area contributed by atoms with Gasteiger partial charge in [0.1, 0.15) is 0 Å². The van der Waals surface area contributed by atoms with Gasteiger partial charge >= 0.3 is 0 Å². The van der Waals surface area contributed by atoms with Gasteiger partial charge in [0.2, 0.25) is 0 Å². The first-order chi connectivity index (χ1) is 13.1. The van der Waals surface area contributed by atoms with E-state index in [4.69, 9.17) is 9.47 Å². The number of ether oxygens (including phenoxy) is 2. The van der Waals surface area contributed by atoms with Crippen molar-refractivity contribution in [1.82, 2.24) is 8.43 Å². The summed E-state index contributed by atoms with van der Waals surface area (Å²) in [6, 6.07) is 8.94. The topological polar surface area (TPSA) is 37.0 Å². The highest BCUT2D eigenvalue weighted by Gasteiger charge is 2.14. The molecule has 1 aromatic rings. The number of nitrogens with zero attached hydrogens (tertiary/aromatic N) is 2. The molecule has 27 heavy (non-hydrogen) atoms. The molecule has 0 bridgehead atoms. The third kappa shape index (κ3) is 10.1. The van der Waals surface area contributed by atoms with Crippen LogP contribution in [0.1, 0.15) is 32.3 Å². The second-order valence-corrected chi connectivity index (χ2v) is 8.87. The zero-order valence-electron chi connectivity index (χ0n) is 17.0. The molecule has 0 spiro atoms. The summed E-state index contributed by atoms with van der Waals surface area (Å²) in [7, 11) is 0. The third-order valence-electron chi connectivity index (χ3n) is 4.72. The van der Waals surface area contributed by atoms with E-state index in [2.05, 4.69) is 74.3 Å². The Hall–Kier alpha value is -0.410. The summed E-state index contributed by atoms with van der Waals surface area (Å²) in [6.45, 7) is 13.7. The Balaban J connectivity index is 1.46. The van der Waals surface area contributed by atoms with Gasteiger partial charge in [-0.1, -0.05) is 26.0 Å². The molecule has 6 heteroatoms. The number of nitrogens with one attached hydrogen (secondary N) is 1. The highest BCUT2D eigenvalue weighted by atomic mass is 127. The molecule has 1 aromatic carbocycles. The summed E-state index contributed by atoms with van der Waals surface area (Å²) in [5.41, 5.74) is 2.65. The fraction of sp³-hybridized carbons (Fsp3) is 0.714. The molecule has 2 rings (SSSR count). The summed E-state index contributed by atoms with van der Waals surface area (Å²) in [5.74, 6) is 0.763. The van der Waals surface area contributed by atoms with Crippen LogP contribution in [0.3, 0.4) is 0 Å². The molecule has 5 nitrogen and oxygen atoms in total. The van der Waals surface area contributed by atoms with E-state index in [0.717, 1.165) is 64.8 Å². The van der Waals surface area contributed by atoms with Gasteiger partial charge in [-0.05, 0) is 36.5 Å². The quantitative estimate of drug-likeness (QED) is 0.260. The molecule has 154 valence electrons. The van der Waals surface area contributed by atoms with Gasteiger partial charge in [0.25, 0.3) is 0 Å². The van der Waals surface area contributed by atoms with Crippen molar-refractivity contribution in [1.29, 1.82) is 0 Å². The Morgan fingerprint density at radius 3 is 2.30 bits per heavy atom. The molecule has 1 fully saturated rings. The predicted octanol–water partition coefficient (Wildman–Crippen LogP) is 3.72. The third-order valence-corrected chi connectivity index (χ3v) is 5.69. The number of anilines is 1. The summed E-state index contributed by atoms with van der Waals surface area (Å²) in [4.78, 5) is 2.46. The first kappa shape index (κ1) is 22.9. The molecule has 1 heterocycles. The molecule has 0 radical (unpaired) electrons. The summed E-state index contributed by atoms with van der Waals surface area (Å²) in [6.07, 6.45) is 2.38. The zero-order valence-corrected chi connectivity index (χ0v) is 19.1. The van der Waals surface area contributed by atoms with Crippen molar-refractivity contribution in [2.75, 3.05) is 64.1 Å². The maximum Gasteiger partial charge on any atom is 0.0701 e. The normalized spacial score (nSPS) is 15.6. The van der Waals surface area contributed by atoms with E-state index in [1.54, 1.807) is 0 Å². The van der Waals surface area contributed by atoms with Crippen molar-refractivity contribution in [3.05, 3.63) is 29.8 Å². The Morgan fingerprint density at radius 2 is 1.63 bits per heavy atom. The van der Waals surface area contributed by atoms with Gasteiger partial charge < -0.3 is 19.7 Å². The minimum Gasteiger partial charge on any atom is -0.379 e. The van der Waals surface area contributed by atoms with Gasteiger partial charge in [0, 0.05) is 74.4 Å². The van der Waals surface area contributed by atoms with Crippen LogP contribution < -0.4 is 10.2 Å². The average molecular weight is 489 g/mol. The largest absolute Gasteiger partial charge is 0.379 e. The summed E-state index contributed by atoms with van der Waals surface area (Å²) >= 11 is 2.41. The number of halogens is 1. The first-order valence-corrected chi connectivity index (χ1v) is 11.2. The van der Waals surface area contributed by atoms with Crippen molar-refractivity contribution in [2.45, 2.75) is 33.2 Å². The van der Waals surface area contributed by atoms with E-state index in [1.165, 1.54) is 17.7 Å². The summed E-state index contributed by atoms with van der Waals surface area (Å²) < 4.78 is 13.5. The lowest BCUT2D eigenvalue weighted by Gasteiger charge is -2.33. The van der Waals surface area contributed by atoms with Crippen molar-refractivity contribution in [3.8, 4) is 0 Å². The smallest absolute Gasteiger partial charge is 0.0701 e. The van der Waals surface area contributed by atoms with E-state index in [1.807, 2.05) is 0 Å². The maximum absolute atomic E-state index is 5.61. The van der Waals surface area contributed by atoms with Crippen molar-refractivity contribution in [2.24, 2.45) is 5.92 Å². The van der Waals surface area contributed by atoms with E-state index in [9.17, 15) is 0 Å². The number of hydrogen-bond donors (Lipinski definition) is 1. The predicted molar refractivity (Wildman–Crippen MR) is 122 cm³/mol. The van der Waals surface area contributed by atoms with Crippen LogP contribution >= 0.6 is 22.9 Å². The fourth-order valence-electron chi connectivity index (χ4n) is 3.06. The molecule has 1 N–H and O–H groups in total. The zero-order chi connectivity index (χ0) is 19.3. The molecule has 1 aliphatic rings.